The molecular formula is C16H15NO2. The van der Waals surface area contributed by atoms with E-state index in [-0.39, 0.29) is 17.6 Å². The van der Waals surface area contributed by atoms with Crippen LogP contribution in [0.25, 0.3) is 0 Å². The number of nitrogens with zero attached hydrogens (tertiary/aromatic N) is 1. The van der Waals surface area contributed by atoms with E-state index >= 15 is 0 Å². The molecule has 19 heavy (non-hydrogen) atoms. The first-order valence-corrected chi connectivity index (χ1v) is 6.61. The maximum atomic E-state index is 11.9. The summed E-state index contributed by atoms with van der Waals surface area (Å²) in [5.41, 5.74) is 2.75. The number of fused-ring (bicyclic) bond motifs is 1. The second-order valence-electron chi connectivity index (χ2n) is 5.19. The van der Waals surface area contributed by atoms with Crippen LogP contribution in [0, 0.1) is 18.3 Å². The number of aryl methyl sites for hydroxylation is 1. The van der Waals surface area contributed by atoms with Gasteiger partial charge in [-0.1, -0.05) is 0 Å². The Hall–Kier alpha value is -2.08. The van der Waals surface area contributed by atoms with E-state index in [1.54, 1.807) is 4.90 Å². The van der Waals surface area contributed by atoms with Crippen molar-refractivity contribution in [1.29, 1.82) is 0 Å². The van der Waals surface area contributed by atoms with Gasteiger partial charge in [0.1, 0.15) is 0 Å². The molecule has 0 radical (unpaired) electrons. The van der Waals surface area contributed by atoms with Gasteiger partial charge < -0.3 is 4.90 Å². The summed E-state index contributed by atoms with van der Waals surface area (Å²) in [7, 11) is 0. The van der Waals surface area contributed by atoms with E-state index in [0.717, 1.165) is 29.7 Å². The molecule has 3 nitrogen and oxygen atoms in total. The zero-order valence-electron chi connectivity index (χ0n) is 10.7. The lowest BCUT2D eigenvalue weighted by Crippen LogP contribution is -2.25. The first-order chi connectivity index (χ1) is 9.19. The molecule has 1 heterocycles. The van der Waals surface area contributed by atoms with Crippen LogP contribution in [0.4, 0.5) is 5.69 Å². The second kappa shape index (κ2) is 4.55. The smallest absolute Gasteiger partial charge is 0.228 e. The average molecular weight is 253 g/mol. The number of benzene rings is 1. The zero-order chi connectivity index (χ0) is 13.4. The minimum absolute atomic E-state index is 0.00478. The maximum absolute atomic E-state index is 11.9. The Kier molecular flexibility index (Phi) is 2.87. The van der Waals surface area contributed by atoms with Gasteiger partial charge in [-0.05, 0) is 36.6 Å². The van der Waals surface area contributed by atoms with Gasteiger partial charge in [-0.15, -0.1) is 12.3 Å². The van der Waals surface area contributed by atoms with Gasteiger partial charge in [-0.2, -0.15) is 0 Å². The molecule has 1 fully saturated rings. The average Bonchev–Trinajstić information content (AvgIpc) is 2.80. The highest BCUT2D eigenvalue weighted by molar-refractivity contribution is 6.00. The van der Waals surface area contributed by atoms with Gasteiger partial charge >= 0.3 is 0 Å². The Morgan fingerprint density at radius 3 is 2.84 bits per heavy atom. The Morgan fingerprint density at radius 2 is 2.11 bits per heavy atom. The van der Waals surface area contributed by atoms with E-state index in [1.807, 2.05) is 18.2 Å². The van der Waals surface area contributed by atoms with E-state index in [9.17, 15) is 9.59 Å². The van der Waals surface area contributed by atoms with Gasteiger partial charge in [0, 0.05) is 36.6 Å². The van der Waals surface area contributed by atoms with Crippen LogP contribution in [0.15, 0.2) is 18.2 Å². The number of carbonyl (C=O) groups excluding carboxylic acids is 2. The Labute approximate surface area is 112 Å². The molecule has 0 saturated carbocycles. The molecule has 1 aromatic carbocycles. The van der Waals surface area contributed by atoms with Crippen molar-refractivity contribution in [3.63, 3.8) is 0 Å². The molecule has 0 bridgehead atoms. The highest BCUT2D eigenvalue weighted by atomic mass is 16.2. The largest absolute Gasteiger partial charge is 0.311 e. The van der Waals surface area contributed by atoms with Crippen LogP contribution in [0.1, 0.15) is 35.2 Å². The summed E-state index contributed by atoms with van der Waals surface area (Å²) in [4.78, 5) is 25.5. The van der Waals surface area contributed by atoms with E-state index in [4.69, 9.17) is 6.42 Å². The third-order valence-corrected chi connectivity index (χ3v) is 3.91. The quantitative estimate of drug-likeness (QED) is 0.719. The molecule has 3 rings (SSSR count). The number of rotatable bonds is 1. The van der Waals surface area contributed by atoms with Gasteiger partial charge in [0.15, 0.2) is 5.78 Å². The van der Waals surface area contributed by atoms with Crippen molar-refractivity contribution in [2.75, 3.05) is 11.4 Å². The number of hydrogen-bond donors (Lipinski definition) is 0. The molecule has 0 N–H and O–H groups in total. The van der Waals surface area contributed by atoms with E-state index in [0.29, 0.717) is 19.4 Å². The zero-order valence-corrected chi connectivity index (χ0v) is 10.7. The van der Waals surface area contributed by atoms with E-state index in [2.05, 4.69) is 5.92 Å². The lowest BCUT2D eigenvalue weighted by atomic mass is 9.90. The van der Waals surface area contributed by atoms with Crippen LogP contribution in [-0.2, 0) is 11.2 Å². The number of ketones is 1. The van der Waals surface area contributed by atoms with E-state index < -0.39 is 0 Å². The van der Waals surface area contributed by atoms with Gasteiger partial charge in [-0.3, -0.25) is 9.59 Å². The third kappa shape index (κ3) is 2.04. The Morgan fingerprint density at radius 1 is 1.26 bits per heavy atom. The number of hydrogen-bond acceptors (Lipinski definition) is 2. The van der Waals surface area contributed by atoms with Gasteiger partial charge in [0.05, 0.1) is 0 Å². The molecule has 1 saturated heterocycles. The second-order valence-corrected chi connectivity index (χ2v) is 5.19. The number of anilines is 1. The van der Waals surface area contributed by atoms with Crippen molar-refractivity contribution in [3.05, 3.63) is 29.3 Å². The number of Topliss-reactive ketones (excluding diaryl/α,β-unsaturated/α-hetero) is 1. The monoisotopic (exact) mass is 253 g/mol. The summed E-state index contributed by atoms with van der Waals surface area (Å²) in [5.74, 6) is 2.94. The highest BCUT2D eigenvalue weighted by Gasteiger charge is 2.30. The Bertz CT molecular complexity index is 597. The molecule has 0 aromatic heterocycles. The fourth-order valence-corrected chi connectivity index (χ4v) is 2.87. The molecule has 1 amide bonds. The molecule has 1 aromatic rings. The number of terminal acetylenes is 1. The minimum atomic E-state index is 0.00478. The van der Waals surface area contributed by atoms with E-state index in [1.165, 1.54) is 0 Å². The molecule has 1 aliphatic carbocycles. The molecule has 96 valence electrons. The topological polar surface area (TPSA) is 37.4 Å². The van der Waals surface area contributed by atoms with Crippen molar-refractivity contribution >= 4 is 17.4 Å². The number of amides is 1. The highest BCUT2D eigenvalue weighted by Crippen LogP contribution is 2.29. The van der Waals surface area contributed by atoms with Gasteiger partial charge in [0.2, 0.25) is 5.91 Å². The predicted molar refractivity (Wildman–Crippen MR) is 73.0 cm³/mol. The first kappa shape index (κ1) is 12.0. The summed E-state index contributed by atoms with van der Waals surface area (Å²) < 4.78 is 0. The molecule has 1 unspecified atom stereocenters. The van der Waals surface area contributed by atoms with Crippen LogP contribution < -0.4 is 4.90 Å². The van der Waals surface area contributed by atoms with Crippen molar-refractivity contribution in [2.45, 2.75) is 25.7 Å². The molecular weight excluding hydrogens is 238 g/mol. The Balaban J connectivity index is 1.93. The third-order valence-electron chi connectivity index (χ3n) is 3.91. The molecule has 1 atom stereocenters. The lowest BCUT2D eigenvalue weighted by molar-refractivity contribution is -0.117. The molecule has 2 aliphatic rings. The summed E-state index contributed by atoms with van der Waals surface area (Å²) in [6.07, 6.45) is 8.26. The van der Waals surface area contributed by atoms with Crippen LogP contribution in [-0.4, -0.2) is 18.2 Å². The summed E-state index contributed by atoms with van der Waals surface area (Å²) >= 11 is 0. The normalized spacial score (nSPS) is 22.3. The van der Waals surface area contributed by atoms with Crippen LogP contribution in [0.3, 0.4) is 0 Å². The van der Waals surface area contributed by atoms with Crippen molar-refractivity contribution in [1.82, 2.24) is 0 Å². The van der Waals surface area contributed by atoms with Gasteiger partial charge in [0.25, 0.3) is 0 Å². The van der Waals surface area contributed by atoms with Crippen molar-refractivity contribution < 1.29 is 9.59 Å². The first-order valence-electron chi connectivity index (χ1n) is 6.61. The van der Waals surface area contributed by atoms with Crippen molar-refractivity contribution in [2.24, 2.45) is 5.92 Å². The van der Waals surface area contributed by atoms with Crippen LogP contribution in [0.5, 0.6) is 0 Å². The lowest BCUT2D eigenvalue weighted by Gasteiger charge is -2.20. The fourth-order valence-electron chi connectivity index (χ4n) is 2.87. The number of carbonyl (C=O) groups is 2. The fraction of sp³-hybridized carbons (Fsp3) is 0.375. The van der Waals surface area contributed by atoms with Crippen molar-refractivity contribution in [3.8, 4) is 12.3 Å². The van der Waals surface area contributed by atoms with Crippen LogP contribution in [0.2, 0.25) is 0 Å². The maximum Gasteiger partial charge on any atom is 0.228 e. The summed E-state index contributed by atoms with van der Waals surface area (Å²) in [6, 6.07) is 5.69. The minimum Gasteiger partial charge on any atom is -0.311 e. The summed E-state index contributed by atoms with van der Waals surface area (Å²) in [6.45, 7) is 0.585. The molecule has 0 spiro atoms. The predicted octanol–water partition coefficient (Wildman–Crippen LogP) is 2.19. The summed E-state index contributed by atoms with van der Waals surface area (Å²) in [5, 5.41) is 0. The standard InChI is InChI=1S/C16H15NO2/c1-2-11-8-16(19)17(10-11)13-6-7-14-12(9-13)4-3-5-15(14)18/h1,6-7,9,11H,3-5,8,10H2. The SMILES string of the molecule is C#CC1CC(=O)N(c2ccc3c(c2)CCCC3=O)C1. The molecule has 1 aliphatic heterocycles. The van der Waals surface area contributed by atoms with Crippen LogP contribution >= 0.6 is 0 Å². The van der Waals surface area contributed by atoms with Gasteiger partial charge in [-0.25, -0.2) is 0 Å². The molecule has 3 heteroatoms.